The zero-order valence-electron chi connectivity index (χ0n) is 15.6. The average molecular weight is 388 g/mol. The average Bonchev–Trinajstić information content (AvgIpc) is 2.99. The molecule has 1 aromatic heterocycles. The molecule has 0 unspecified atom stereocenters. The van der Waals surface area contributed by atoms with Crippen LogP contribution in [0.3, 0.4) is 0 Å². The molecular weight excluding hydrogens is 364 g/mol. The van der Waals surface area contributed by atoms with Crippen LogP contribution < -0.4 is 10.1 Å². The summed E-state index contributed by atoms with van der Waals surface area (Å²) in [7, 11) is 2.05. The van der Waals surface area contributed by atoms with Gasteiger partial charge >= 0.3 is 5.97 Å². The van der Waals surface area contributed by atoms with E-state index in [2.05, 4.69) is 10.2 Å². The molecule has 6 nitrogen and oxygen atoms in total. The van der Waals surface area contributed by atoms with Crippen molar-refractivity contribution in [2.45, 2.75) is 26.3 Å². The van der Waals surface area contributed by atoms with Crippen molar-refractivity contribution in [1.29, 1.82) is 0 Å². The molecule has 0 saturated heterocycles. The first-order valence-corrected chi connectivity index (χ1v) is 9.88. The second-order valence-electron chi connectivity index (χ2n) is 6.38. The molecular formula is C20H24N2O4S. The Labute approximate surface area is 163 Å². The van der Waals surface area contributed by atoms with Crippen molar-refractivity contribution in [3.63, 3.8) is 0 Å². The number of para-hydroxylation sites is 1. The summed E-state index contributed by atoms with van der Waals surface area (Å²) in [5.74, 6) is 0.186. The zero-order valence-corrected chi connectivity index (χ0v) is 16.4. The van der Waals surface area contributed by atoms with E-state index >= 15 is 0 Å². The highest BCUT2D eigenvalue weighted by Crippen LogP contribution is 2.37. The summed E-state index contributed by atoms with van der Waals surface area (Å²) >= 11 is 1.46. The van der Waals surface area contributed by atoms with Crippen LogP contribution in [0, 0.1) is 0 Å². The number of carbonyl (C=O) groups excluding carboxylic acids is 2. The Hall–Kier alpha value is -2.38. The Morgan fingerprint density at radius 2 is 2.04 bits per heavy atom. The first kappa shape index (κ1) is 19.4. The summed E-state index contributed by atoms with van der Waals surface area (Å²) in [6, 6.07) is 9.37. The van der Waals surface area contributed by atoms with Gasteiger partial charge in [-0.15, -0.1) is 11.3 Å². The van der Waals surface area contributed by atoms with Crippen LogP contribution in [0.4, 0.5) is 5.00 Å². The number of carbonyl (C=O) groups is 2. The number of esters is 1. The SMILES string of the molecule is CCOC(=O)c1c(NC(=O)CCOc2ccccc2)sc2c1CCN(C)C2. The van der Waals surface area contributed by atoms with E-state index in [9.17, 15) is 9.59 Å². The minimum absolute atomic E-state index is 0.177. The quantitative estimate of drug-likeness (QED) is 0.737. The van der Waals surface area contributed by atoms with Crippen molar-refractivity contribution in [2.24, 2.45) is 0 Å². The highest BCUT2D eigenvalue weighted by Gasteiger charge is 2.28. The number of ether oxygens (including phenoxy) is 2. The number of hydrogen-bond acceptors (Lipinski definition) is 6. The fourth-order valence-corrected chi connectivity index (χ4v) is 4.34. The molecule has 0 atom stereocenters. The van der Waals surface area contributed by atoms with Gasteiger partial charge in [-0.25, -0.2) is 4.79 Å². The van der Waals surface area contributed by atoms with Gasteiger partial charge in [-0.2, -0.15) is 0 Å². The molecule has 27 heavy (non-hydrogen) atoms. The van der Waals surface area contributed by atoms with Crippen molar-refractivity contribution >= 4 is 28.2 Å². The Kier molecular flexibility index (Phi) is 6.47. The number of rotatable bonds is 7. The van der Waals surface area contributed by atoms with E-state index in [0.717, 1.165) is 35.7 Å². The Balaban J connectivity index is 1.67. The van der Waals surface area contributed by atoms with Crippen molar-refractivity contribution in [3.8, 4) is 5.75 Å². The van der Waals surface area contributed by atoms with Gasteiger partial charge in [-0.1, -0.05) is 18.2 Å². The molecule has 0 saturated carbocycles. The van der Waals surface area contributed by atoms with E-state index in [-0.39, 0.29) is 24.9 Å². The number of anilines is 1. The molecule has 144 valence electrons. The van der Waals surface area contributed by atoms with Crippen LogP contribution in [0.25, 0.3) is 0 Å². The summed E-state index contributed by atoms with van der Waals surface area (Å²) in [6.45, 7) is 4.03. The van der Waals surface area contributed by atoms with Gasteiger partial charge in [0.1, 0.15) is 10.8 Å². The zero-order chi connectivity index (χ0) is 19.2. The first-order chi connectivity index (χ1) is 13.1. The van der Waals surface area contributed by atoms with Crippen molar-refractivity contribution in [2.75, 3.05) is 32.1 Å². The second kappa shape index (κ2) is 9.01. The van der Waals surface area contributed by atoms with E-state index < -0.39 is 0 Å². The summed E-state index contributed by atoms with van der Waals surface area (Å²) in [5.41, 5.74) is 1.52. The van der Waals surface area contributed by atoms with Crippen LogP contribution >= 0.6 is 11.3 Å². The summed E-state index contributed by atoms with van der Waals surface area (Å²) < 4.78 is 10.8. The molecule has 2 aromatic rings. The fraction of sp³-hybridized carbons (Fsp3) is 0.400. The van der Waals surface area contributed by atoms with Crippen LogP contribution in [0.1, 0.15) is 34.1 Å². The predicted molar refractivity (Wildman–Crippen MR) is 105 cm³/mol. The predicted octanol–water partition coefficient (Wildman–Crippen LogP) is 3.32. The van der Waals surface area contributed by atoms with Crippen LogP contribution in [0.2, 0.25) is 0 Å². The molecule has 1 amide bonds. The molecule has 0 fully saturated rings. The Morgan fingerprint density at radius 3 is 2.78 bits per heavy atom. The maximum absolute atomic E-state index is 12.5. The molecule has 1 aliphatic heterocycles. The largest absolute Gasteiger partial charge is 0.493 e. The molecule has 7 heteroatoms. The van der Waals surface area contributed by atoms with Gasteiger partial charge in [0.15, 0.2) is 0 Å². The van der Waals surface area contributed by atoms with Crippen molar-refractivity contribution < 1.29 is 19.1 Å². The molecule has 1 aliphatic rings. The van der Waals surface area contributed by atoms with Gasteiger partial charge in [0.2, 0.25) is 5.91 Å². The number of amides is 1. The lowest BCUT2D eigenvalue weighted by molar-refractivity contribution is -0.116. The van der Waals surface area contributed by atoms with E-state index in [1.165, 1.54) is 11.3 Å². The normalized spacial score (nSPS) is 13.7. The fourth-order valence-electron chi connectivity index (χ4n) is 3.01. The number of hydrogen-bond donors (Lipinski definition) is 1. The maximum atomic E-state index is 12.5. The van der Waals surface area contributed by atoms with Crippen LogP contribution in [0.5, 0.6) is 5.75 Å². The van der Waals surface area contributed by atoms with Gasteiger partial charge in [-0.05, 0) is 38.1 Å². The van der Waals surface area contributed by atoms with Gasteiger partial charge in [-0.3, -0.25) is 4.79 Å². The molecule has 0 bridgehead atoms. The van der Waals surface area contributed by atoms with Gasteiger partial charge < -0.3 is 19.7 Å². The Morgan fingerprint density at radius 1 is 1.26 bits per heavy atom. The summed E-state index contributed by atoms with van der Waals surface area (Å²) in [6.07, 6.45) is 0.989. The van der Waals surface area contributed by atoms with Crippen molar-refractivity contribution in [1.82, 2.24) is 4.90 Å². The molecule has 1 aromatic carbocycles. The molecule has 1 N–H and O–H groups in total. The highest BCUT2D eigenvalue weighted by molar-refractivity contribution is 7.17. The number of benzene rings is 1. The van der Waals surface area contributed by atoms with Gasteiger partial charge in [0, 0.05) is 18.0 Å². The van der Waals surface area contributed by atoms with Gasteiger partial charge in [0.05, 0.1) is 25.2 Å². The smallest absolute Gasteiger partial charge is 0.341 e. The molecule has 2 heterocycles. The first-order valence-electron chi connectivity index (χ1n) is 9.06. The number of likely N-dealkylation sites (N-methyl/N-ethyl adjacent to an activating group) is 1. The number of nitrogens with one attached hydrogen (secondary N) is 1. The topological polar surface area (TPSA) is 67.9 Å². The molecule has 3 rings (SSSR count). The van der Waals surface area contributed by atoms with Crippen LogP contribution in [0.15, 0.2) is 30.3 Å². The maximum Gasteiger partial charge on any atom is 0.341 e. The lowest BCUT2D eigenvalue weighted by atomic mass is 10.0. The number of fused-ring (bicyclic) bond motifs is 1. The van der Waals surface area contributed by atoms with E-state index in [1.54, 1.807) is 6.92 Å². The standard InChI is InChI=1S/C20H24N2O4S/c1-3-25-20(24)18-15-9-11-22(2)13-16(15)27-19(18)21-17(23)10-12-26-14-7-5-4-6-8-14/h4-8H,3,9-13H2,1-2H3,(H,21,23). The minimum atomic E-state index is -0.365. The van der Waals surface area contributed by atoms with Crippen molar-refractivity contribution in [3.05, 3.63) is 46.3 Å². The molecule has 0 aliphatic carbocycles. The summed E-state index contributed by atoms with van der Waals surface area (Å²) in [4.78, 5) is 28.1. The number of nitrogens with zero attached hydrogens (tertiary/aromatic N) is 1. The third kappa shape index (κ3) is 4.87. The Bertz CT molecular complexity index is 804. The van der Waals surface area contributed by atoms with E-state index in [4.69, 9.17) is 9.47 Å². The van der Waals surface area contributed by atoms with E-state index in [0.29, 0.717) is 17.2 Å². The van der Waals surface area contributed by atoms with Crippen LogP contribution in [-0.4, -0.2) is 43.6 Å². The summed E-state index contributed by atoms with van der Waals surface area (Å²) in [5, 5.41) is 3.47. The lowest BCUT2D eigenvalue weighted by Gasteiger charge is -2.22. The number of thiophene rings is 1. The highest BCUT2D eigenvalue weighted by atomic mass is 32.1. The van der Waals surface area contributed by atoms with Crippen LogP contribution in [-0.2, 0) is 22.5 Å². The van der Waals surface area contributed by atoms with Gasteiger partial charge in [0.25, 0.3) is 0 Å². The monoisotopic (exact) mass is 388 g/mol. The molecule has 0 spiro atoms. The van der Waals surface area contributed by atoms with E-state index in [1.807, 2.05) is 37.4 Å². The minimum Gasteiger partial charge on any atom is -0.493 e. The lowest BCUT2D eigenvalue weighted by Crippen LogP contribution is -2.26. The second-order valence-corrected chi connectivity index (χ2v) is 7.48. The molecule has 0 radical (unpaired) electrons. The third-order valence-electron chi connectivity index (χ3n) is 4.32. The third-order valence-corrected chi connectivity index (χ3v) is 5.45.